The molecule has 0 radical (unpaired) electrons. The van der Waals surface area contributed by atoms with E-state index in [4.69, 9.17) is 19.4 Å². The van der Waals surface area contributed by atoms with Gasteiger partial charge in [0.05, 0.1) is 32.0 Å². The number of hydrogen-bond donors (Lipinski definition) is 2. The second-order valence-corrected chi connectivity index (χ2v) is 19.8. The van der Waals surface area contributed by atoms with E-state index in [9.17, 15) is 10.0 Å². The van der Waals surface area contributed by atoms with Gasteiger partial charge in [-0.1, -0.05) is 31.7 Å². The number of benzene rings is 2. The Hall–Kier alpha value is -5.28. The molecule has 2 N–H and O–H groups in total. The first-order valence-electron chi connectivity index (χ1n) is 24.2. The van der Waals surface area contributed by atoms with Gasteiger partial charge < -0.3 is 19.7 Å². The van der Waals surface area contributed by atoms with E-state index in [1.165, 1.54) is 106 Å². The SMILES string of the molecule is C.COc1cc(C)cc2c1C(C1CCN(C(=O)Cc3cc[n+](O)cc3)CC1)c1ncc(C3CC3)cc1CC2.COc1cc(C)cc2c1C(C1CCNCC1)c1ncc(C3CC3)cc1CC2. The Bertz CT molecular complexity index is 2500. The molecule has 65 heavy (non-hydrogen) atoms. The van der Waals surface area contributed by atoms with Gasteiger partial charge in [-0.2, -0.15) is 0 Å². The summed E-state index contributed by atoms with van der Waals surface area (Å²) in [6, 6.07) is 17.6. The summed E-state index contributed by atoms with van der Waals surface area (Å²) < 4.78 is 12.9. The number of amides is 1. The number of rotatable bonds is 8. The Morgan fingerprint density at radius 2 is 1.14 bits per heavy atom. The molecule has 5 aromatic rings. The highest BCUT2D eigenvalue weighted by atomic mass is 16.5. The smallest absolute Gasteiger partial charge is 0.226 e. The molecule has 0 bridgehead atoms. The number of methoxy groups -OCH3 is 2. The number of nitrogens with one attached hydrogen (secondary N) is 1. The Balaban J connectivity index is 0.000000169. The molecule has 11 rings (SSSR count). The van der Waals surface area contributed by atoms with Crippen molar-refractivity contribution in [3.05, 3.63) is 146 Å². The van der Waals surface area contributed by atoms with Crippen LogP contribution in [-0.4, -0.2) is 66.4 Å². The van der Waals surface area contributed by atoms with E-state index < -0.39 is 0 Å². The fraction of sp³-hybridized carbons (Fsp3) is 0.500. The normalized spacial score (nSPS) is 20.6. The number of aryl methyl sites for hydroxylation is 6. The molecular weight excluding hydrogens is 807 g/mol. The lowest BCUT2D eigenvalue weighted by Crippen LogP contribution is -2.41. The van der Waals surface area contributed by atoms with Crippen molar-refractivity contribution in [3.8, 4) is 11.5 Å². The molecule has 4 aliphatic carbocycles. The van der Waals surface area contributed by atoms with Gasteiger partial charge in [0.1, 0.15) is 11.5 Å². The van der Waals surface area contributed by atoms with Crippen LogP contribution < -0.4 is 19.5 Å². The topological polar surface area (TPSA) is 101 Å². The van der Waals surface area contributed by atoms with Crippen molar-refractivity contribution in [2.45, 2.75) is 128 Å². The average Bonchev–Trinajstić information content (AvgIpc) is 4.24. The van der Waals surface area contributed by atoms with Crippen LogP contribution in [0.4, 0.5) is 0 Å². The Morgan fingerprint density at radius 3 is 1.60 bits per heavy atom. The lowest BCUT2D eigenvalue weighted by molar-refractivity contribution is -0.904. The average molecular weight is 877 g/mol. The first-order chi connectivity index (χ1) is 31.2. The van der Waals surface area contributed by atoms with Gasteiger partial charge in [-0.15, -0.1) is 0 Å². The monoisotopic (exact) mass is 877 g/mol. The molecule has 0 spiro atoms. The molecule has 3 aromatic heterocycles. The number of fused-ring (bicyclic) bond motifs is 4. The van der Waals surface area contributed by atoms with E-state index in [-0.39, 0.29) is 19.3 Å². The first-order valence-corrected chi connectivity index (χ1v) is 24.2. The number of carbonyl (C=O) groups excluding carboxylic acids is 1. The van der Waals surface area contributed by atoms with E-state index >= 15 is 0 Å². The van der Waals surface area contributed by atoms with Crippen molar-refractivity contribution in [1.82, 2.24) is 20.2 Å². The highest BCUT2D eigenvalue weighted by Crippen LogP contribution is 2.49. The summed E-state index contributed by atoms with van der Waals surface area (Å²) >= 11 is 0. The van der Waals surface area contributed by atoms with Crippen LogP contribution in [0.5, 0.6) is 11.5 Å². The molecule has 2 atom stereocenters. The quantitative estimate of drug-likeness (QED) is 0.118. The van der Waals surface area contributed by atoms with Crippen LogP contribution in [-0.2, 0) is 36.9 Å². The lowest BCUT2D eigenvalue weighted by atomic mass is 9.75. The minimum absolute atomic E-state index is 0. The van der Waals surface area contributed by atoms with Crippen LogP contribution in [0.2, 0.25) is 0 Å². The third kappa shape index (κ3) is 9.54. The van der Waals surface area contributed by atoms with Gasteiger partial charge in [0.25, 0.3) is 0 Å². The summed E-state index contributed by atoms with van der Waals surface area (Å²) in [5.74, 6) is 5.24. The minimum Gasteiger partial charge on any atom is -0.496 e. The second-order valence-electron chi connectivity index (χ2n) is 19.8. The molecule has 2 saturated heterocycles. The molecule has 2 aromatic carbocycles. The standard InChI is InChI=1S/C31H36N3O3.C24H30N2O.CH4/c1-20-15-24-5-6-25-18-26(22-3-4-22)19-32-31(25)30(29(24)27(16-20)37-2)23-9-11-33(12-10-23)28(35)17-21-7-13-34(36)14-8-21;1-15-11-18-5-6-19-13-20(16-3-4-16)14-26-24(19)23(17-7-9-25-10-8-17)22(18)21(12-15)27-2;/h7-8,13-16,18-19,22-23,30,36H,3-6,9-12,17H2,1-2H3;11-14,16-17,23,25H,3-10H2,1-2H3;1H4/q+1;;. The van der Waals surface area contributed by atoms with Crippen LogP contribution >= 0.6 is 0 Å². The van der Waals surface area contributed by atoms with Crippen molar-refractivity contribution < 1.29 is 24.2 Å². The minimum atomic E-state index is 0. The van der Waals surface area contributed by atoms with Crippen LogP contribution in [0.15, 0.2) is 73.3 Å². The molecule has 2 unspecified atom stereocenters. The van der Waals surface area contributed by atoms with E-state index in [1.807, 2.05) is 12.0 Å². The number of likely N-dealkylation sites (tertiary alicyclic amines) is 1. The summed E-state index contributed by atoms with van der Waals surface area (Å²) in [4.78, 5) is 25.3. The zero-order chi connectivity index (χ0) is 43.9. The zero-order valence-electron chi connectivity index (χ0n) is 38.4. The van der Waals surface area contributed by atoms with E-state index in [2.05, 4.69) is 68.0 Å². The fourth-order valence-corrected chi connectivity index (χ4v) is 11.7. The highest BCUT2D eigenvalue weighted by molar-refractivity contribution is 5.78. The number of nitrogens with zero attached hydrogens (tertiary/aromatic N) is 4. The van der Waals surface area contributed by atoms with Crippen LogP contribution in [0, 0.1) is 25.7 Å². The van der Waals surface area contributed by atoms with E-state index in [0.717, 1.165) is 92.4 Å². The summed E-state index contributed by atoms with van der Waals surface area (Å²) in [5.41, 5.74) is 17.3. The zero-order valence-corrected chi connectivity index (χ0v) is 38.4. The predicted octanol–water partition coefficient (Wildman–Crippen LogP) is 9.65. The summed E-state index contributed by atoms with van der Waals surface area (Å²) in [5, 5.41) is 13.0. The maximum Gasteiger partial charge on any atom is 0.226 e. The van der Waals surface area contributed by atoms with Crippen LogP contribution in [0.25, 0.3) is 0 Å². The van der Waals surface area contributed by atoms with Gasteiger partial charge in [-0.25, -0.2) is 0 Å². The van der Waals surface area contributed by atoms with Crippen LogP contribution in [0.1, 0.15) is 155 Å². The second kappa shape index (κ2) is 19.3. The maximum absolute atomic E-state index is 13.1. The lowest BCUT2D eigenvalue weighted by Gasteiger charge is -2.37. The molecule has 342 valence electrons. The van der Waals surface area contributed by atoms with Crippen molar-refractivity contribution in [2.75, 3.05) is 40.4 Å². The molecule has 6 aliphatic rings. The Kier molecular flexibility index (Phi) is 13.3. The molecule has 1 amide bonds. The third-order valence-corrected chi connectivity index (χ3v) is 15.3. The van der Waals surface area contributed by atoms with Gasteiger partial charge in [0, 0.05) is 65.3 Å². The van der Waals surface area contributed by atoms with Gasteiger partial charge in [-0.3, -0.25) is 20.0 Å². The third-order valence-electron chi connectivity index (χ3n) is 15.3. The number of ether oxygens (including phenoxy) is 2. The number of pyridine rings is 3. The molecule has 5 heterocycles. The molecule has 2 aliphatic heterocycles. The Labute approximate surface area is 387 Å². The molecule has 9 heteroatoms. The molecule has 2 saturated carbocycles. The van der Waals surface area contributed by atoms with Gasteiger partial charge in [-0.05, 0) is 190 Å². The first kappa shape index (κ1) is 44.9. The fourth-order valence-electron chi connectivity index (χ4n) is 11.7. The largest absolute Gasteiger partial charge is 0.496 e. The summed E-state index contributed by atoms with van der Waals surface area (Å²) in [7, 11) is 3.61. The maximum atomic E-state index is 13.1. The van der Waals surface area contributed by atoms with E-state index in [0.29, 0.717) is 30.1 Å². The number of aromatic nitrogens is 3. The molecular formula is C56H70N5O4+. The van der Waals surface area contributed by atoms with Crippen molar-refractivity contribution in [1.29, 1.82) is 0 Å². The van der Waals surface area contributed by atoms with E-state index in [1.54, 1.807) is 31.6 Å². The van der Waals surface area contributed by atoms with Crippen molar-refractivity contribution >= 4 is 5.91 Å². The van der Waals surface area contributed by atoms with Crippen molar-refractivity contribution in [3.63, 3.8) is 0 Å². The summed E-state index contributed by atoms with van der Waals surface area (Å²) in [6.07, 6.45) is 21.6. The molecule has 9 nitrogen and oxygen atoms in total. The number of piperidine rings is 2. The van der Waals surface area contributed by atoms with Gasteiger partial charge in [0.2, 0.25) is 18.3 Å². The Morgan fingerprint density at radius 1 is 0.677 bits per heavy atom. The van der Waals surface area contributed by atoms with Crippen LogP contribution in [0.3, 0.4) is 0 Å². The van der Waals surface area contributed by atoms with Crippen molar-refractivity contribution in [2.24, 2.45) is 11.8 Å². The highest BCUT2D eigenvalue weighted by Gasteiger charge is 2.39. The number of hydrogen-bond acceptors (Lipinski definition) is 7. The summed E-state index contributed by atoms with van der Waals surface area (Å²) in [6.45, 7) is 8.07. The number of carbonyl (C=O) groups is 1. The van der Waals surface area contributed by atoms with Gasteiger partial charge in [0.15, 0.2) is 0 Å². The molecule has 4 fully saturated rings. The van der Waals surface area contributed by atoms with Gasteiger partial charge >= 0.3 is 0 Å². The predicted molar refractivity (Wildman–Crippen MR) is 256 cm³/mol.